The maximum atomic E-state index is 14.5. The molecule has 1 fully saturated rings. The van der Waals surface area contributed by atoms with E-state index in [1.54, 1.807) is 30.3 Å². The fourth-order valence-electron chi connectivity index (χ4n) is 10.5. The molecule has 0 spiro atoms. The molecule has 0 unspecified atom stereocenters. The van der Waals surface area contributed by atoms with E-state index in [1.807, 2.05) is 27.9 Å². The van der Waals surface area contributed by atoms with Gasteiger partial charge in [0.2, 0.25) is 29.5 Å². The Kier molecular flexibility index (Phi) is 42.9. The summed E-state index contributed by atoms with van der Waals surface area (Å²) in [6.07, 6.45) is 0.622. The molecule has 1 saturated heterocycles. The van der Waals surface area contributed by atoms with Crippen molar-refractivity contribution < 1.29 is 164 Å². The van der Waals surface area contributed by atoms with Crippen LogP contribution in [-0.2, 0) is 75.2 Å². The van der Waals surface area contributed by atoms with Gasteiger partial charge in [-0.25, -0.2) is 4.79 Å². The van der Waals surface area contributed by atoms with Crippen molar-refractivity contribution in [2.24, 2.45) is 0 Å². The maximum Gasteiger partial charge on any atom is 1.00 e. The zero-order valence-corrected chi connectivity index (χ0v) is 61.6. The summed E-state index contributed by atoms with van der Waals surface area (Å²) in [5, 5.41) is 121. The van der Waals surface area contributed by atoms with Crippen molar-refractivity contribution in [2.45, 2.75) is 152 Å². The average molecular weight is 1720 g/mol. The van der Waals surface area contributed by atoms with Gasteiger partial charge in [0.1, 0.15) is 17.8 Å². The SMILES string of the molecule is O=C([O-])CC[C@H](NC(=O)N[C@@H](CCCCNC(=O)CCCCCCC(=O)NCCCC[C@@H](NC(=O)[C@@H](Cc1ccccc1)NC(=O)[C@@H](Cc1ccc(O)c(I)c1)NC(=O)CC[C@H](C(=O)[O-])N1CCN(CC(=O)[O-])CCN(CC(=O)[O-])CCN(CC(=O)[O-])CC1)C(=O)[O-])C(=O)[O-])C(=O)[O-].[225Ac].[H+].[H+].[H+].[H+].[H+]. The second-order valence-electron chi connectivity index (χ2n) is 23.5. The van der Waals surface area contributed by atoms with Crippen LogP contribution in [0.25, 0.3) is 0 Å². The summed E-state index contributed by atoms with van der Waals surface area (Å²) in [5.74, 6) is -16.0. The minimum absolute atomic E-state index is 0. The quantitative estimate of drug-likeness (QED) is 0.0225. The predicted octanol–water partition coefficient (Wildman–Crippen LogP) is -10.1. The summed E-state index contributed by atoms with van der Waals surface area (Å²) in [5.41, 5.74) is 0.963. The minimum atomic E-state index is -1.78. The van der Waals surface area contributed by atoms with E-state index in [0.29, 0.717) is 53.2 Å². The minimum Gasteiger partial charge on any atom is -0.550 e. The number of halogens is 1. The third-order valence-electron chi connectivity index (χ3n) is 15.8. The molecule has 1 aliphatic rings. The molecule has 547 valence electrons. The van der Waals surface area contributed by atoms with Gasteiger partial charge in [0.05, 0.1) is 63.5 Å². The number of phenolic OH excluding ortho intramolecular Hbond substituents is 1. The molecule has 34 nitrogen and oxygen atoms in total. The fourth-order valence-corrected chi connectivity index (χ4v) is 11.0. The molecule has 0 aromatic heterocycles. The van der Waals surface area contributed by atoms with E-state index in [0.717, 1.165) is 0 Å². The van der Waals surface area contributed by atoms with Crippen LogP contribution in [0.15, 0.2) is 48.5 Å². The number of nitrogens with one attached hydrogen (secondary N) is 7. The Morgan fingerprint density at radius 1 is 0.424 bits per heavy atom. The Morgan fingerprint density at radius 2 is 0.848 bits per heavy atom. The Bertz CT molecular complexity index is 3010. The van der Waals surface area contributed by atoms with Crippen LogP contribution in [0.1, 0.15) is 121 Å². The van der Waals surface area contributed by atoms with Gasteiger partial charge in [-0.05, 0) is 116 Å². The number of amides is 7. The molecule has 7 amide bonds. The molecule has 0 saturated carbocycles. The molecule has 1 aliphatic heterocycles. The summed E-state index contributed by atoms with van der Waals surface area (Å²) < 4.78 is 0.376. The van der Waals surface area contributed by atoms with Crippen molar-refractivity contribution in [2.75, 3.05) is 85.1 Å². The number of carbonyl (C=O) groups excluding carboxylic acids is 14. The van der Waals surface area contributed by atoms with Crippen molar-refractivity contribution in [3.05, 3.63) is 63.2 Å². The number of aromatic hydroxyl groups is 1. The Morgan fingerprint density at radius 3 is 1.28 bits per heavy atom. The molecular formula is C63H89AcIN11O23-3. The molecule has 1 radical (unpaired) electrons. The number of nitrogens with zero attached hydrogens (tertiary/aromatic N) is 4. The van der Waals surface area contributed by atoms with Gasteiger partial charge in [-0.3, -0.25) is 43.6 Å². The van der Waals surface area contributed by atoms with E-state index in [1.165, 1.54) is 37.8 Å². The monoisotopic (exact) mass is 1720 g/mol. The second kappa shape index (κ2) is 48.4. The van der Waals surface area contributed by atoms with Crippen LogP contribution >= 0.6 is 22.6 Å². The first-order chi connectivity index (χ1) is 46.5. The molecule has 6 atom stereocenters. The Balaban J connectivity index is -0.00000833. The number of unbranched alkanes of at least 4 members (excludes halogenated alkanes) is 5. The normalized spacial score (nSPS) is 15.2. The summed E-state index contributed by atoms with van der Waals surface area (Å²) in [6.45, 7) is -2.02. The summed E-state index contributed by atoms with van der Waals surface area (Å²) in [6, 6.07) is 2.20. The molecule has 99 heavy (non-hydrogen) atoms. The van der Waals surface area contributed by atoms with Gasteiger partial charge in [0.15, 0.2) is 0 Å². The Labute approximate surface area is 628 Å². The first-order valence-electron chi connectivity index (χ1n) is 32.1. The first kappa shape index (κ1) is 87.7. The third kappa shape index (κ3) is 38.1. The predicted molar refractivity (Wildman–Crippen MR) is 340 cm³/mol. The maximum absolute atomic E-state index is 14.5. The van der Waals surface area contributed by atoms with Crippen molar-refractivity contribution in [3.8, 4) is 5.75 Å². The second-order valence-corrected chi connectivity index (χ2v) is 24.6. The van der Waals surface area contributed by atoms with Crippen LogP contribution in [0.4, 0.5) is 4.79 Å². The third-order valence-corrected chi connectivity index (χ3v) is 16.6. The first-order valence-corrected chi connectivity index (χ1v) is 33.1. The van der Waals surface area contributed by atoms with Gasteiger partial charge < -0.3 is 122 Å². The number of hydrogen-bond acceptors (Lipinski definition) is 27. The zero-order chi connectivity index (χ0) is 72.7. The largest absolute Gasteiger partial charge is 1.00 e. The van der Waals surface area contributed by atoms with E-state index in [4.69, 9.17) is 0 Å². The number of carboxylic acid groups (broad SMARTS) is 8. The summed E-state index contributed by atoms with van der Waals surface area (Å²) in [7, 11) is 0. The van der Waals surface area contributed by atoms with Gasteiger partial charge in [-0.1, -0.05) is 49.2 Å². The van der Waals surface area contributed by atoms with Crippen LogP contribution in [0, 0.1) is 47.6 Å². The number of rotatable bonds is 45. The van der Waals surface area contributed by atoms with E-state index in [2.05, 4.69) is 31.9 Å². The number of hydrogen-bond donors (Lipinski definition) is 8. The fraction of sp³-hybridized carbons (Fsp3) is 0.587. The Hall–Kier alpha value is -7.37. The molecular weight excluding hydrogens is 1630 g/mol. The van der Waals surface area contributed by atoms with E-state index in [9.17, 15) is 113 Å². The van der Waals surface area contributed by atoms with Crippen LogP contribution in [-0.4, -0.2) is 229 Å². The van der Waals surface area contributed by atoms with Gasteiger partial charge >= 0.3 is 13.2 Å². The smallest absolute Gasteiger partial charge is 0.550 e. The van der Waals surface area contributed by atoms with Crippen molar-refractivity contribution in [1.82, 2.24) is 56.8 Å². The van der Waals surface area contributed by atoms with Gasteiger partial charge in [-0.15, -0.1) is 0 Å². The van der Waals surface area contributed by atoms with Crippen LogP contribution in [0.5, 0.6) is 5.75 Å². The molecule has 0 bridgehead atoms. The molecule has 2 aromatic carbocycles. The number of phenols is 1. The van der Waals surface area contributed by atoms with Crippen LogP contribution < -0.4 is 78.1 Å². The van der Waals surface area contributed by atoms with E-state index >= 15 is 0 Å². The van der Waals surface area contributed by atoms with E-state index in [-0.39, 0.29) is 186 Å². The topological polar surface area (TPSA) is 541 Å². The molecule has 1 heterocycles. The van der Waals surface area contributed by atoms with Crippen molar-refractivity contribution >= 4 is 106 Å². The number of aliphatic carboxylic acids is 8. The summed E-state index contributed by atoms with van der Waals surface area (Å²) >= 11 is 1.85. The average Bonchev–Trinajstić information content (AvgIpc) is 0.852. The van der Waals surface area contributed by atoms with Gasteiger partial charge in [-0.2, -0.15) is 0 Å². The zero-order valence-electron chi connectivity index (χ0n) is 59.7. The number of carbonyl (C=O) groups is 14. The molecule has 2 aromatic rings. The number of benzene rings is 2. The standard InChI is InChI=1S/C63H92IN11O23.Ac/c64-42-34-41(18-21-49(42)76)36-46(67-52(79)22-20-48(62(96)97)75-32-30-73(38-55(84)85)28-26-72(37-54(82)83)27-29-74(31-33-75)39-56(86)87)57(88)69-47(35-40-12-4-3-5-13-40)58(89)68-43(59(90)91)14-8-10-24-65-50(77)16-6-1-2-7-17-51(78)66-25-11-9-15-44(60(92)93)70-63(98)71-45(61(94)95)19-23-53(80)81;/h3-5,12-13,18,21,34,43-48,76H,1-2,6-11,14-17,19-20,22-33,35-39H2,(H,65,77)(H,66,78)(H,67,79)(H,68,89)(H,69,88)(H,80,81)(H,82,83)(H,84,85)(H,86,87)(H,90,91)(H,92,93)(H,94,95)(H,96,97)(H2,70,71,98);/p-3/t43-,44+,45+,46-,47-,48-;/m1./s1/i;1-2. The van der Waals surface area contributed by atoms with Gasteiger partial charge in [0.25, 0.3) is 0 Å². The molecule has 8 N–H and O–H groups in total. The molecule has 0 aliphatic carbocycles. The van der Waals surface area contributed by atoms with Crippen LogP contribution in [0.2, 0.25) is 0 Å². The van der Waals surface area contributed by atoms with Crippen molar-refractivity contribution in [3.63, 3.8) is 0 Å². The molecule has 3 rings (SSSR count). The summed E-state index contributed by atoms with van der Waals surface area (Å²) in [4.78, 5) is 179. The van der Waals surface area contributed by atoms with E-state index < -0.39 is 153 Å². The molecule has 36 heteroatoms. The van der Waals surface area contributed by atoms with Crippen LogP contribution in [0.3, 0.4) is 0 Å². The van der Waals surface area contributed by atoms with Gasteiger partial charge in [0, 0.05) is 173 Å². The number of carboxylic acids is 8. The van der Waals surface area contributed by atoms with Crippen molar-refractivity contribution in [1.29, 1.82) is 0 Å². The number of urea groups is 1.